The van der Waals surface area contributed by atoms with Gasteiger partial charge in [-0.15, -0.1) is 0 Å². The van der Waals surface area contributed by atoms with Gasteiger partial charge in [-0.05, 0) is 25.7 Å². The molecule has 1 fully saturated rings. The van der Waals surface area contributed by atoms with Gasteiger partial charge in [-0.2, -0.15) is 0 Å². The van der Waals surface area contributed by atoms with E-state index in [-0.39, 0.29) is 11.9 Å². The van der Waals surface area contributed by atoms with Gasteiger partial charge < -0.3 is 10.1 Å². The number of carbonyl (C=O) groups is 2. The zero-order valence-corrected chi connectivity index (χ0v) is 11.8. The van der Waals surface area contributed by atoms with E-state index in [1.807, 2.05) is 0 Å². The van der Waals surface area contributed by atoms with Gasteiger partial charge in [0.15, 0.2) is 0 Å². The summed E-state index contributed by atoms with van der Waals surface area (Å²) in [5.74, 6) is -0.365. The summed E-state index contributed by atoms with van der Waals surface area (Å²) < 4.78 is 5.11. The number of hydrogen-bond acceptors (Lipinski definition) is 3. The van der Waals surface area contributed by atoms with Crippen LogP contribution >= 0.6 is 0 Å². The summed E-state index contributed by atoms with van der Waals surface area (Å²) >= 11 is 0. The first-order chi connectivity index (χ1) is 9.24. The lowest BCUT2D eigenvalue weighted by molar-refractivity contribution is -0.146. The molecule has 19 heavy (non-hydrogen) atoms. The summed E-state index contributed by atoms with van der Waals surface area (Å²) in [4.78, 5) is 22.5. The second-order valence-corrected chi connectivity index (χ2v) is 4.94. The third-order valence-corrected chi connectivity index (χ3v) is 3.20. The number of rotatable bonds is 9. The molecular formula is C15H25NO3. The third kappa shape index (κ3) is 6.99. The van der Waals surface area contributed by atoms with Crippen LogP contribution in [0.2, 0.25) is 0 Å². The van der Waals surface area contributed by atoms with Gasteiger partial charge in [-0.3, -0.25) is 4.79 Å². The van der Waals surface area contributed by atoms with E-state index in [9.17, 15) is 9.59 Å². The Morgan fingerprint density at radius 2 is 2.11 bits per heavy atom. The molecule has 1 atom stereocenters. The molecule has 4 heteroatoms. The molecule has 0 spiro atoms. The molecule has 0 aromatic heterocycles. The fourth-order valence-electron chi connectivity index (χ4n) is 2.04. The number of ether oxygens (including phenoxy) is 1. The van der Waals surface area contributed by atoms with E-state index < -0.39 is 6.04 Å². The summed E-state index contributed by atoms with van der Waals surface area (Å²) in [7, 11) is 0. The van der Waals surface area contributed by atoms with E-state index >= 15 is 0 Å². The Morgan fingerprint density at radius 3 is 2.79 bits per heavy atom. The van der Waals surface area contributed by atoms with E-state index in [4.69, 9.17) is 4.74 Å². The van der Waals surface area contributed by atoms with E-state index in [0.717, 1.165) is 12.8 Å². The number of carbonyl (C=O) groups excluding carboxylic acids is 2. The summed E-state index contributed by atoms with van der Waals surface area (Å²) in [5.41, 5.74) is 0. The number of hydrogen-bond donors (Lipinski definition) is 1. The number of allylic oxidation sites excluding steroid dienone is 1. The summed E-state index contributed by atoms with van der Waals surface area (Å²) in [5, 5.41) is 2.60. The molecule has 1 heterocycles. The minimum Gasteiger partial charge on any atom is -0.464 e. The molecular weight excluding hydrogens is 242 g/mol. The first kappa shape index (κ1) is 15.7. The highest BCUT2D eigenvalue weighted by molar-refractivity contribution is 5.87. The lowest BCUT2D eigenvalue weighted by Crippen LogP contribution is -2.34. The minimum absolute atomic E-state index is 0.0612. The molecule has 0 radical (unpaired) electrons. The van der Waals surface area contributed by atoms with Crippen LogP contribution in [0.15, 0.2) is 12.2 Å². The van der Waals surface area contributed by atoms with Crippen molar-refractivity contribution in [1.29, 1.82) is 0 Å². The van der Waals surface area contributed by atoms with Crippen LogP contribution < -0.4 is 5.32 Å². The first-order valence-corrected chi connectivity index (χ1v) is 7.35. The van der Waals surface area contributed by atoms with Crippen LogP contribution in [-0.2, 0) is 14.3 Å². The van der Waals surface area contributed by atoms with Crippen molar-refractivity contribution in [2.24, 2.45) is 0 Å². The summed E-state index contributed by atoms with van der Waals surface area (Å²) in [6.07, 6.45) is 12.1. The maximum Gasteiger partial charge on any atom is 0.328 e. The van der Waals surface area contributed by atoms with Gasteiger partial charge in [-0.25, -0.2) is 4.79 Å². The molecule has 0 unspecified atom stereocenters. The Hall–Kier alpha value is -1.32. The van der Waals surface area contributed by atoms with Crippen LogP contribution in [0.25, 0.3) is 0 Å². The van der Waals surface area contributed by atoms with Gasteiger partial charge in [0.25, 0.3) is 0 Å². The number of esters is 1. The van der Waals surface area contributed by atoms with Crippen molar-refractivity contribution in [2.75, 3.05) is 6.61 Å². The predicted molar refractivity (Wildman–Crippen MR) is 74.6 cm³/mol. The second kappa shape index (κ2) is 9.59. The van der Waals surface area contributed by atoms with Gasteiger partial charge in [0.05, 0.1) is 6.61 Å². The highest BCUT2D eigenvalue weighted by Crippen LogP contribution is 2.08. The summed E-state index contributed by atoms with van der Waals surface area (Å²) in [6.45, 7) is 2.60. The van der Waals surface area contributed by atoms with Crippen molar-refractivity contribution >= 4 is 11.9 Å². The smallest absolute Gasteiger partial charge is 0.328 e. The molecule has 1 amide bonds. The normalized spacial score (nSPS) is 18.8. The molecule has 1 rings (SSSR count). The lowest BCUT2D eigenvalue weighted by Gasteiger charge is -2.08. The van der Waals surface area contributed by atoms with Gasteiger partial charge in [0, 0.05) is 6.42 Å². The maximum atomic E-state index is 11.5. The molecule has 0 aromatic rings. The number of amides is 1. The lowest BCUT2D eigenvalue weighted by atomic mass is 10.1. The Kier molecular flexibility index (Phi) is 7.94. The summed E-state index contributed by atoms with van der Waals surface area (Å²) in [6, 6.07) is -0.425. The number of unbranched alkanes of at least 4 members (excludes halogenated alkanes) is 4. The molecule has 1 aliphatic heterocycles. The Bertz CT molecular complexity index is 313. The zero-order valence-electron chi connectivity index (χ0n) is 11.8. The highest BCUT2D eigenvalue weighted by Gasteiger charge is 2.28. The largest absolute Gasteiger partial charge is 0.464 e. The standard InChI is InChI=1S/C15H25NO3/c1-2-3-4-5-6-7-8-9-12-19-15(18)13-10-11-14(17)16-13/h7-8,13H,2-6,9-12H2,1H3,(H,16,17)/b8-7+/t13-/m0/s1. The Labute approximate surface area is 115 Å². The van der Waals surface area contributed by atoms with E-state index in [1.165, 1.54) is 25.7 Å². The highest BCUT2D eigenvalue weighted by atomic mass is 16.5. The third-order valence-electron chi connectivity index (χ3n) is 3.20. The van der Waals surface area contributed by atoms with Gasteiger partial charge in [-0.1, -0.05) is 38.3 Å². The molecule has 0 aliphatic carbocycles. The van der Waals surface area contributed by atoms with Crippen molar-refractivity contribution in [1.82, 2.24) is 5.32 Å². The topological polar surface area (TPSA) is 55.4 Å². The van der Waals surface area contributed by atoms with Crippen LogP contribution in [0, 0.1) is 0 Å². The van der Waals surface area contributed by atoms with Crippen molar-refractivity contribution in [3.05, 3.63) is 12.2 Å². The molecule has 4 nitrogen and oxygen atoms in total. The van der Waals surface area contributed by atoms with Crippen LogP contribution in [0.5, 0.6) is 0 Å². The van der Waals surface area contributed by atoms with E-state index in [1.54, 1.807) is 0 Å². The average molecular weight is 267 g/mol. The molecule has 0 bridgehead atoms. The monoisotopic (exact) mass is 267 g/mol. The zero-order chi connectivity index (χ0) is 13.9. The van der Waals surface area contributed by atoms with Crippen LogP contribution in [0.1, 0.15) is 58.3 Å². The average Bonchev–Trinajstić information content (AvgIpc) is 2.83. The fraction of sp³-hybridized carbons (Fsp3) is 0.733. The van der Waals surface area contributed by atoms with Crippen molar-refractivity contribution in [2.45, 2.75) is 64.3 Å². The van der Waals surface area contributed by atoms with Crippen LogP contribution in [0.4, 0.5) is 0 Å². The molecule has 0 saturated carbocycles. The Balaban J connectivity index is 1.96. The molecule has 1 N–H and O–H groups in total. The molecule has 1 aliphatic rings. The number of nitrogens with one attached hydrogen (secondary N) is 1. The first-order valence-electron chi connectivity index (χ1n) is 7.35. The maximum absolute atomic E-state index is 11.5. The van der Waals surface area contributed by atoms with Gasteiger partial charge in [0.2, 0.25) is 5.91 Å². The van der Waals surface area contributed by atoms with Crippen LogP contribution in [-0.4, -0.2) is 24.5 Å². The second-order valence-electron chi connectivity index (χ2n) is 4.94. The fourth-order valence-corrected chi connectivity index (χ4v) is 2.04. The van der Waals surface area contributed by atoms with Crippen molar-refractivity contribution < 1.29 is 14.3 Å². The van der Waals surface area contributed by atoms with Crippen LogP contribution in [0.3, 0.4) is 0 Å². The van der Waals surface area contributed by atoms with Crippen molar-refractivity contribution in [3.8, 4) is 0 Å². The van der Waals surface area contributed by atoms with Crippen molar-refractivity contribution in [3.63, 3.8) is 0 Å². The molecule has 108 valence electrons. The van der Waals surface area contributed by atoms with E-state index in [0.29, 0.717) is 19.4 Å². The molecule has 1 saturated heterocycles. The minimum atomic E-state index is -0.425. The SMILES string of the molecule is CCCCCC/C=C/CCOC(=O)[C@@H]1CCC(=O)N1. The predicted octanol–water partition coefficient (Wildman–Crippen LogP) is 2.72. The van der Waals surface area contributed by atoms with E-state index in [2.05, 4.69) is 24.4 Å². The quantitative estimate of drug-likeness (QED) is 0.397. The van der Waals surface area contributed by atoms with Gasteiger partial charge in [0.1, 0.15) is 6.04 Å². The molecule has 0 aromatic carbocycles. The van der Waals surface area contributed by atoms with Gasteiger partial charge >= 0.3 is 5.97 Å². The Morgan fingerprint density at radius 1 is 1.32 bits per heavy atom.